The van der Waals surface area contributed by atoms with Crippen LogP contribution in [0.2, 0.25) is 0 Å². The predicted octanol–water partition coefficient (Wildman–Crippen LogP) is 4.69. The van der Waals surface area contributed by atoms with Gasteiger partial charge in [-0.05, 0) is 63.8 Å². The van der Waals surface area contributed by atoms with E-state index in [0.717, 1.165) is 19.4 Å². The number of imidazole rings is 1. The fourth-order valence-electron chi connectivity index (χ4n) is 5.00. The molecule has 0 aliphatic carbocycles. The summed E-state index contributed by atoms with van der Waals surface area (Å²) in [5, 5.41) is 7.26. The molecule has 28 heavy (non-hydrogen) atoms. The third-order valence-corrected chi connectivity index (χ3v) is 6.44. The van der Waals surface area contributed by atoms with E-state index < -0.39 is 0 Å². The first kappa shape index (κ1) is 17.7. The molecule has 0 radical (unpaired) electrons. The fourth-order valence-corrected chi connectivity index (χ4v) is 5.00. The lowest BCUT2D eigenvalue weighted by Gasteiger charge is -2.31. The molecule has 3 heterocycles. The Labute approximate surface area is 167 Å². The summed E-state index contributed by atoms with van der Waals surface area (Å²) in [5.74, 6) is 1.22. The van der Waals surface area contributed by atoms with Crippen molar-refractivity contribution >= 4 is 16.7 Å². The molecular weight excluding hydrogens is 344 g/mol. The van der Waals surface area contributed by atoms with Gasteiger partial charge in [0.2, 0.25) is 0 Å². The first-order chi connectivity index (χ1) is 13.7. The second-order valence-electron chi connectivity index (χ2n) is 8.64. The average Bonchev–Trinajstić information content (AvgIpc) is 3.06. The number of hydrogen-bond donors (Lipinski definition) is 2. The highest BCUT2D eigenvalue weighted by Crippen LogP contribution is 2.36. The molecule has 2 N–H and O–H groups in total. The molecule has 2 aliphatic rings. The fraction of sp³-hybridized carbons (Fsp3) is 0.458. The van der Waals surface area contributed by atoms with Crippen LogP contribution in [0.3, 0.4) is 0 Å². The lowest BCUT2D eigenvalue weighted by atomic mass is 9.97. The van der Waals surface area contributed by atoms with Crippen molar-refractivity contribution in [2.24, 2.45) is 0 Å². The Bertz CT molecular complexity index is 975. The number of rotatable bonds is 3. The van der Waals surface area contributed by atoms with E-state index in [-0.39, 0.29) is 0 Å². The summed E-state index contributed by atoms with van der Waals surface area (Å²) in [6, 6.07) is 17.0. The quantitative estimate of drug-likeness (QED) is 0.699. The van der Waals surface area contributed by atoms with Crippen LogP contribution in [0.5, 0.6) is 0 Å². The predicted molar refractivity (Wildman–Crippen MR) is 116 cm³/mol. The molecular formula is C24H30N4. The number of piperidine rings is 1. The van der Waals surface area contributed by atoms with Gasteiger partial charge in [-0.2, -0.15) is 0 Å². The van der Waals surface area contributed by atoms with Crippen LogP contribution in [0, 0.1) is 0 Å². The number of nitrogens with zero attached hydrogens (tertiary/aromatic N) is 2. The van der Waals surface area contributed by atoms with Gasteiger partial charge in [-0.3, -0.25) is 0 Å². The standard InChI is InChI=1S/C24H30N4/c1-16-8-9-20-21(26-16)10-11-22-24(20)27-23(15-18-6-4-3-5-7-18)28(22)19-12-13-25-17(2)14-19/h3-7,10-11,16-17,19,25-26H,8-9,12-15H2,1-2H3/t16-,17-,19+/m0/s1. The van der Waals surface area contributed by atoms with Gasteiger partial charge in [0.25, 0.3) is 0 Å². The Balaban J connectivity index is 1.64. The highest BCUT2D eigenvalue weighted by Gasteiger charge is 2.27. The number of anilines is 1. The van der Waals surface area contributed by atoms with Crippen molar-refractivity contribution in [1.82, 2.24) is 14.9 Å². The van der Waals surface area contributed by atoms with E-state index in [0.29, 0.717) is 18.1 Å². The molecule has 2 aromatic carbocycles. The van der Waals surface area contributed by atoms with Crippen molar-refractivity contribution in [2.75, 3.05) is 11.9 Å². The summed E-state index contributed by atoms with van der Waals surface area (Å²) >= 11 is 0. The van der Waals surface area contributed by atoms with Crippen molar-refractivity contribution < 1.29 is 0 Å². The van der Waals surface area contributed by atoms with E-state index in [9.17, 15) is 0 Å². The second kappa shape index (κ2) is 7.25. The van der Waals surface area contributed by atoms with Crippen LogP contribution in [0.15, 0.2) is 42.5 Å². The summed E-state index contributed by atoms with van der Waals surface area (Å²) in [6.07, 6.45) is 5.53. The molecule has 5 rings (SSSR count). The second-order valence-corrected chi connectivity index (χ2v) is 8.64. The van der Waals surface area contributed by atoms with Crippen molar-refractivity contribution in [3.8, 4) is 0 Å². The van der Waals surface area contributed by atoms with E-state index in [2.05, 4.69) is 71.5 Å². The molecule has 4 heteroatoms. The normalized spacial score (nSPS) is 24.7. The van der Waals surface area contributed by atoms with E-state index in [4.69, 9.17) is 4.98 Å². The van der Waals surface area contributed by atoms with Crippen LogP contribution >= 0.6 is 0 Å². The summed E-state index contributed by atoms with van der Waals surface area (Å²) in [6.45, 7) is 5.65. The van der Waals surface area contributed by atoms with E-state index in [1.807, 2.05) is 0 Å². The molecule has 0 saturated carbocycles. The van der Waals surface area contributed by atoms with Gasteiger partial charge in [-0.15, -0.1) is 0 Å². The molecule has 0 unspecified atom stereocenters. The zero-order chi connectivity index (χ0) is 19.1. The minimum atomic E-state index is 0.522. The molecule has 146 valence electrons. The Kier molecular flexibility index (Phi) is 4.59. The molecule has 2 aliphatic heterocycles. The minimum absolute atomic E-state index is 0.522. The monoisotopic (exact) mass is 374 g/mol. The first-order valence-corrected chi connectivity index (χ1v) is 10.8. The summed E-state index contributed by atoms with van der Waals surface area (Å²) in [4.78, 5) is 5.25. The van der Waals surface area contributed by atoms with Gasteiger partial charge >= 0.3 is 0 Å². The molecule has 3 atom stereocenters. The first-order valence-electron chi connectivity index (χ1n) is 10.8. The maximum absolute atomic E-state index is 5.25. The number of fused-ring (bicyclic) bond motifs is 3. The van der Waals surface area contributed by atoms with Crippen molar-refractivity contribution in [2.45, 2.75) is 64.1 Å². The zero-order valence-corrected chi connectivity index (χ0v) is 16.9. The van der Waals surface area contributed by atoms with Crippen LogP contribution in [0.4, 0.5) is 5.69 Å². The van der Waals surface area contributed by atoms with E-state index in [1.54, 1.807) is 0 Å². The smallest absolute Gasteiger partial charge is 0.114 e. The lowest BCUT2D eigenvalue weighted by Crippen LogP contribution is -2.37. The zero-order valence-electron chi connectivity index (χ0n) is 16.9. The SMILES string of the molecule is C[C@H]1C[C@H](n2c(Cc3ccccc3)nc3c4c(ccc32)N[C@@H](C)CC4)CCN1. The molecule has 1 fully saturated rings. The van der Waals surface area contributed by atoms with Crippen LogP contribution in [0.1, 0.15) is 56.1 Å². The molecule has 4 nitrogen and oxygen atoms in total. The highest BCUT2D eigenvalue weighted by atomic mass is 15.1. The molecule has 1 aromatic heterocycles. The van der Waals surface area contributed by atoms with Gasteiger partial charge in [0.1, 0.15) is 5.82 Å². The number of aryl methyl sites for hydroxylation is 1. The van der Waals surface area contributed by atoms with E-state index in [1.165, 1.54) is 52.9 Å². The van der Waals surface area contributed by atoms with Gasteiger partial charge in [0, 0.05) is 35.8 Å². The third kappa shape index (κ3) is 3.20. The molecule has 3 aromatic rings. The van der Waals surface area contributed by atoms with Crippen LogP contribution in [0.25, 0.3) is 11.0 Å². The number of nitrogens with one attached hydrogen (secondary N) is 2. The summed E-state index contributed by atoms with van der Waals surface area (Å²) in [5.41, 5.74) is 6.56. The van der Waals surface area contributed by atoms with Gasteiger partial charge in [0.05, 0.1) is 11.0 Å². The van der Waals surface area contributed by atoms with Gasteiger partial charge in [-0.25, -0.2) is 4.98 Å². The molecule has 1 saturated heterocycles. The van der Waals surface area contributed by atoms with Crippen LogP contribution in [-0.4, -0.2) is 28.2 Å². The Morgan fingerprint density at radius 1 is 1.04 bits per heavy atom. The summed E-state index contributed by atoms with van der Waals surface area (Å²) < 4.78 is 2.57. The number of hydrogen-bond acceptors (Lipinski definition) is 3. The molecule has 0 spiro atoms. The highest BCUT2D eigenvalue weighted by molar-refractivity contribution is 5.86. The van der Waals surface area contributed by atoms with Crippen molar-refractivity contribution in [3.05, 3.63) is 59.4 Å². The van der Waals surface area contributed by atoms with Crippen molar-refractivity contribution in [3.63, 3.8) is 0 Å². The Hall–Kier alpha value is -2.33. The van der Waals surface area contributed by atoms with Gasteiger partial charge < -0.3 is 15.2 Å². The van der Waals surface area contributed by atoms with Crippen molar-refractivity contribution in [1.29, 1.82) is 0 Å². The van der Waals surface area contributed by atoms with Gasteiger partial charge in [0.15, 0.2) is 0 Å². The topological polar surface area (TPSA) is 41.9 Å². The average molecular weight is 375 g/mol. The van der Waals surface area contributed by atoms with Crippen LogP contribution < -0.4 is 10.6 Å². The van der Waals surface area contributed by atoms with Gasteiger partial charge in [-0.1, -0.05) is 30.3 Å². The maximum atomic E-state index is 5.25. The Morgan fingerprint density at radius 3 is 2.71 bits per heavy atom. The maximum Gasteiger partial charge on any atom is 0.114 e. The number of aromatic nitrogens is 2. The largest absolute Gasteiger partial charge is 0.382 e. The minimum Gasteiger partial charge on any atom is -0.382 e. The lowest BCUT2D eigenvalue weighted by molar-refractivity contribution is 0.314. The molecule has 0 bridgehead atoms. The third-order valence-electron chi connectivity index (χ3n) is 6.44. The van der Waals surface area contributed by atoms with E-state index >= 15 is 0 Å². The van der Waals surface area contributed by atoms with Crippen LogP contribution in [-0.2, 0) is 12.8 Å². The summed E-state index contributed by atoms with van der Waals surface area (Å²) in [7, 11) is 0. The number of benzene rings is 2. The Morgan fingerprint density at radius 2 is 1.89 bits per heavy atom. The molecule has 0 amide bonds.